The maximum absolute atomic E-state index is 13.3. The zero-order valence-corrected chi connectivity index (χ0v) is 16.7. The number of pyridine rings is 1. The van der Waals surface area contributed by atoms with Crippen LogP contribution in [-0.4, -0.2) is 37.0 Å². The van der Waals surface area contributed by atoms with Gasteiger partial charge in [-0.2, -0.15) is 5.10 Å². The Bertz CT molecular complexity index is 1070. The summed E-state index contributed by atoms with van der Waals surface area (Å²) >= 11 is 0. The summed E-state index contributed by atoms with van der Waals surface area (Å²) in [6.45, 7) is 2.83. The van der Waals surface area contributed by atoms with Crippen LogP contribution in [0.2, 0.25) is 0 Å². The molecule has 0 bridgehead atoms. The first-order chi connectivity index (χ1) is 14.3. The van der Waals surface area contributed by atoms with Gasteiger partial charge in [0, 0.05) is 23.1 Å². The largest absolute Gasteiger partial charge is 0.390 e. The van der Waals surface area contributed by atoms with Gasteiger partial charge in [-0.3, -0.25) is 10.4 Å². The monoisotopic (exact) mass is 413 g/mol. The molecule has 1 atom stereocenters. The Labute approximate surface area is 172 Å². The molecule has 0 saturated heterocycles. The summed E-state index contributed by atoms with van der Waals surface area (Å²) in [5, 5.41) is 33.7. The summed E-state index contributed by atoms with van der Waals surface area (Å²) in [5.41, 5.74) is 1.28. The predicted octanol–water partition coefficient (Wildman–Crippen LogP) is 3.10. The number of aromatic nitrogens is 3. The lowest BCUT2D eigenvalue weighted by Gasteiger charge is -2.30. The number of hydrogen-bond acceptors (Lipinski definition) is 5. The minimum atomic E-state index is -1.30. The molecule has 158 valence electrons. The van der Waals surface area contributed by atoms with Crippen LogP contribution in [0.1, 0.15) is 55.6 Å². The molecule has 1 aliphatic carbocycles. The Morgan fingerprint density at radius 2 is 2.03 bits per heavy atom. The number of urea groups is 1. The van der Waals surface area contributed by atoms with E-state index in [0.717, 1.165) is 23.9 Å². The van der Waals surface area contributed by atoms with Crippen LogP contribution in [0, 0.1) is 5.82 Å². The zero-order valence-electron chi connectivity index (χ0n) is 16.7. The number of aromatic amines is 1. The van der Waals surface area contributed by atoms with Crippen molar-refractivity contribution in [3.63, 3.8) is 0 Å². The number of halogens is 1. The number of carbonyl (C=O) groups excluding carboxylic acids is 1. The number of aliphatic hydroxyl groups is 2. The van der Waals surface area contributed by atoms with Crippen LogP contribution in [0.4, 0.5) is 15.0 Å². The Balaban J connectivity index is 1.56. The van der Waals surface area contributed by atoms with Crippen LogP contribution in [0.15, 0.2) is 30.3 Å². The van der Waals surface area contributed by atoms with Gasteiger partial charge in [0.1, 0.15) is 11.6 Å². The number of nitrogens with one attached hydrogen (secondary N) is 3. The Morgan fingerprint density at radius 3 is 2.63 bits per heavy atom. The number of H-pyrrole nitrogens is 1. The van der Waals surface area contributed by atoms with Crippen molar-refractivity contribution in [2.24, 2.45) is 0 Å². The number of fused-ring (bicyclic) bond motifs is 1. The van der Waals surface area contributed by atoms with E-state index in [1.165, 1.54) is 24.3 Å². The van der Waals surface area contributed by atoms with Crippen molar-refractivity contribution in [3.8, 4) is 0 Å². The van der Waals surface area contributed by atoms with Crippen LogP contribution < -0.4 is 10.6 Å². The second kappa shape index (κ2) is 7.66. The number of carbonyl (C=O) groups is 1. The third-order valence-corrected chi connectivity index (χ3v) is 5.20. The standard InChI is InChI=1S/C21H24FN5O3/c1-21(2,30)19(12-5-7-13(22)8-6-12)25-20(29)24-16-9-14-17(15(10-28)23-16)18(27-26-14)11-3-4-11/h5-9,11,19,28,30H,3-4,10H2,1-2H3,(H,26,27)(H2,23,24,25,29). The van der Waals surface area contributed by atoms with Crippen molar-refractivity contribution >= 4 is 22.8 Å². The second-order valence-electron chi connectivity index (χ2n) is 8.15. The summed E-state index contributed by atoms with van der Waals surface area (Å²) in [5.74, 6) is 0.232. The quantitative estimate of drug-likeness (QED) is 0.425. The second-order valence-corrected chi connectivity index (χ2v) is 8.15. The molecule has 0 aliphatic heterocycles. The molecule has 2 amide bonds. The van der Waals surface area contributed by atoms with Gasteiger partial charge in [-0.1, -0.05) is 12.1 Å². The Morgan fingerprint density at radius 1 is 1.33 bits per heavy atom. The lowest BCUT2D eigenvalue weighted by atomic mass is 9.92. The molecule has 5 N–H and O–H groups in total. The number of aliphatic hydroxyl groups excluding tert-OH is 1. The number of hydrogen-bond donors (Lipinski definition) is 5. The van der Waals surface area contributed by atoms with E-state index in [9.17, 15) is 19.4 Å². The van der Waals surface area contributed by atoms with Gasteiger partial charge < -0.3 is 15.5 Å². The van der Waals surface area contributed by atoms with Crippen LogP contribution >= 0.6 is 0 Å². The maximum atomic E-state index is 13.3. The fraction of sp³-hybridized carbons (Fsp3) is 0.381. The summed E-state index contributed by atoms with van der Waals surface area (Å²) in [6.07, 6.45) is 2.15. The lowest BCUT2D eigenvalue weighted by Crippen LogP contribution is -2.44. The van der Waals surface area contributed by atoms with E-state index < -0.39 is 23.5 Å². The van der Waals surface area contributed by atoms with Gasteiger partial charge in [0.2, 0.25) is 0 Å². The molecule has 1 fully saturated rings. The van der Waals surface area contributed by atoms with E-state index >= 15 is 0 Å². The molecular formula is C21H24FN5O3. The Hall–Kier alpha value is -3.04. The summed E-state index contributed by atoms with van der Waals surface area (Å²) in [4.78, 5) is 17.0. The van der Waals surface area contributed by atoms with Gasteiger partial charge in [-0.05, 0) is 44.4 Å². The number of anilines is 1. The van der Waals surface area contributed by atoms with Crippen molar-refractivity contribution in [1.82, 2.24) is 20.5 Å². The highest BCUT2D eigenvalue weighted by Crippen LogP contribution is 2.42. The molecule has 1 saturated carbocycles. The average molecular weight is 413 g/mol. The fourth-order valence-electron chi connectivity index (χ4n) is 3.59. The Kier molecular flexibility index (Phi) is 5.17. The molecule has 2 aromatic heterocycles. The topological polar surface area (TPSA) is 123 Å². The van der Waals surface area contributed by atoms with E-state index in [4.69, 9.17) is 0 Å². The van der Waals surface area contributed by atoms with E-state index in [2.05, 4.69) is 25.8 Å². The fourth-order valence-corrected chi connectivity index (χ4v) is 3.59. The summed E-state index contributed by atoms with van der Waals surface area (Å²) in [6, 6.07) is 5.81. The average Bonchev–Trinajstić information content (AvgIpc) is 3.45. The van der Waals surface area contributed by atoms with Crippen molar-refractivity contribution in [2.75, 3.05) is 5.32 Å². The molecule has 0 radical (unpaired) electrons. The normalized spacial score (nSPS) is 15.2. The van der Waals surface area contributed by atoms with Crippen LogP contribution in [0.3, 0.4) is 0 Å². The van der Waals surface area contributed by atoms with E-state index in [-0.39, 0.29) is 12.4 Å². The molecule has 9 heteroatoms. The first-order valence-corrected chi connectivity index (χ1v) is 9.80. The molecule has 1 aliphatic rings. The highest BCUT2D eigenvalue weighted by atomic mass is 19.1. The van der Waals surface area contributed by atoms with Crippen LogP contribution in [-0.2, 0) is 6.61 Å². The highest BCUT2D eigenvalue weighted by molar-refractivity contribution is 5.92. The third kappa shape index (κ3) is 4.12. The number of nitrogens with zero attached hydrogens (tertiary/aromatic N) is 2. The van der Waals surface area contributed by atoms with Crippen LogP contribution in [0.5, 0.6) is 0 Å². The number of rotatable bonds is 6. The number of amides is 2. The van der Waals surface area contributed by atoms with E-state index in [1.807, 2.05) is 0 Å². The predicted molar refractivity (Wildman–Crippen MR) is 109 cm³/mol. The van der Waals surface area contributed by atoms with Crippen molar-refractivity contribution in [3.05, 3.63) is 53.1 Å². The highest BCUT2D eigenvalue weighted by Gasteiger charge is 2.31. The number of benzene rings is 1. The SMILES string of the molecule is CC(C)(O)C(NC(=O)Nc1cc2n[nH]c(C3CC3)c2c(CO)n1)c1ccc(F)cc1. The molecule has 30 heavy (non-hydrogen) atoms. The molecule has 0 spiro atoms. The van der Waals surface area contributed by atoms with Gasteiger partial charge >= 0.3 is 6.03 Å². The zero-order chi connectivity index (χ0) is 21.5. The maximum Gasteiger partial charge on any atom is 0.320 e. The summed E-state index contributed by atoms with van der Waals surface area (Å²) in [7, 11) is 0. The minimum absolute atomic E-state index is 0.228. The summed E-state index contributed by atoms with van der Waals surface area (Å²) < 4.78 is 13.3. The molecular weight excluding hydrogens is 389 g/mol. The van der Waals surface area contributed by atoms with Crippen molar-refractivity contribution in [2.45, 2.75) is 50.9 Å². The van der Waals surface area contributed by atoms with E-state index in [0.29, 0.717) is 22.7 Å². The van der Waals surface area contributed by atoms with Gasteiger partial charge in [0.15, 0.2) is 0 Å². The van der Waals surface area contributed by atoms with Gasteiger partial charge in [-0.15, -0.1) is 0 Å². The molecule has 3 aromatic rings. The minimum Gasteiger partial charge on any atom is -0.390 e. The first kappa shape index (κ1) is 20.2. The first-order valence-electron chi connectivity index (χ1n) is 9.80. The van der Waals surface area contributed by atoms with Gasteiger partial charge in [0.25, 0.3) is 0 Å². The molecule has 4 rings (SSSR count). The van der Waals surface area contributed by atoms with Crippen molar-refractivity contribution in [1.29, 1.82) is 0 Å². The molecule has 8 nitrogen and oxygen atoms in total. The van der Waals surface area contributed by atoms with E-state index in [1.54, 1.807) is 19.9 Å². The third-order valence-electron chi connectivity index (χ3n) is 5.20. The molecule has 1 unspecified atom stereocenters. The molecule has 1 aromatic carbocycles. The van der Waals surface area contributed by atoms with Crippen molar-refractivity contribution < 1.29 is 19.4 Å². The van der Waals surface area contributed by atoms with Gasteiger partial charge in [0.05, 0.1) is 29.5 Å². The lowest BCUT2D eigenvalue weighted by molar-refractivity contribution is 0.0415. The van der Waals surface area contributed by atoms with Gasteiger partial charge in [-0.25, -0.2) is 14.2 Å². The smallest absolute Gasteiger partial charge is 0.320 e. The van der Waals surface area contributed by atoms with Crippen LogP contribution in [0.25, 0.3) is 10.9 Å². The molecule has 2 heterocycles.